The lowest BCUT2D eigenvalue weighted by atomic mass is 10.0. The molecule has 3 heteroatoms. The Labute approximate surface area is 276 Å². The summed E-state index contributed by atoms with van der Waals surface area (Å²) in [5.41, 5.74) is 3.66. The summed E-state index contributed by atoms with van der Waals surface area (Å²) in [5.74, 6) is 13.4. The Bertz CT molecular complexity index is 1120. The molecule has 2 aromatic heterocycles. The molecular formula is C42H60N2O. The van der Waals surface area contributed by atoms with E-state index in [1.54, 1.807) is 0 Å². The van der Waals surface area contributed by atoms with E-state index in [-0.39, 0.29) is 0 Å². The zero-order valence-electron chi connectivity index (χ0n) is 28.3. The molecule has 0 amide bonds. The van der Waals surface area contributed by atoms with Crippen molar-refractivity contribution in [1.29, 1.82) is 0 Å². The number of hydrogen-bond acceptors (Lipinski definition) is 3. The molecule has 0 N–H and O–H groups in total. The molecule has 2 aromatic rings. The highest BCUT2D eigenvalue weighted by Gasteiger charge is 1.97. The maximum Gasteiger partial charge on any atom is 0.145 e. The maximum absolute atomic E-state index is 11.4. The van der Waals surface area contributed by atoms with Gasteiger partial charge in [-0.05, 0) is 99.5 Å². The molecule has 0 saturated heterocycles. The highest BCUT2D eigenvalue weighted by molar-refractivity contribution is 5.72. The second kappa shape index (κ2) is 29.5. The molecule has 0 radical (unpaired) electrons. The van der Waals surface area contributed by atoms with E-state index >= 15 is 0 Å². The SMILES string of the molecule is O=C/C(=C/CCCCCC#CCCCCCCCCc1cccnc1)CCCC#CCCCCCCCCCc1cccnc1. The van der Waals surface area contributed by atoms with Gasteiger partial charge < -0.3 is 0 Å². The van der Waals surface area contributed by atoms with Gasteiger partial charge in [-0.1, -0.05) is 82.4 Å². The summed E-state index contributed by atoms with van der Waals surface area (Å²) in [7, 11) is 0. The van der Waals surface area contributed by atoms with Crippen LogP contribution in [0.25, 0.3) is 0 Å². The van der Waals surface area contributed by atoms with Crippen molar-refractivity contribution in [2.75, 3.05) is 0 Å². The predicted octanol–water partition coefficient (Wildman–Crippen LogP) is 11.4. The van der Waals surface area contributed by atoms with Gasteiger partial charge in [-0.2, -0.15) is 0 Å². The van der Waals surface area contributed by atoms with E-state index < -0.39 is 0 Å². The van der Waals surface area contributed by atoms with Crippen LogP contribution in [0.4, 0.5) is 0 Å². The molecule has 0 aliphatic carbocycles. The Morgan fingerprint density at radius 2 is 0.956 bits per heavy atom. The quantitative estimate of drug-likeness (QED) is 0.0462. The van der Waals surface area contributed by atoms with E-state index in [1.165, 1.54) is 101 Å². The third-order valence-electron chi connectivity index (χ3n) is 8.31. The van der Waals surface area contributed by atoms with Crippen LogP contribution in [0, 0.1) is 23.7 Å². The van der Waals surface area contributed by atoms with Crippen molar-refractivity contribution < 1.29 is 4.79 Å². The fourth-order valence-corrected chi connectivity index (χ4v) is 5.53. The van der Waals surface area contributed by atoms with Crippen LogP contribution >= 0.6 is 0 Å². The fraction of sp³-hybridized carbons (Fsp3) is 0.595. The normalized spacial score (nSPS) is 11.0. The van der Waals surface area contributed by atoms with E-state index in [0.29, 0.717) is 0 Å². The Morgan fingerprint density at radius 3 is 1.40 bits per heavy atom. The summed E-state index contributed by atoms with van der Waals surface area (Å²) in [6.07, 6.45) is 40.3. The second-order valence-corrected chi connectivity index (χ2v) is 12.4. The third-order valence-corrected chi connectivity index (χ3v) is 8.31. The smallest absolute Gasteiger partial charge is 0.145 e. The van der Waals surface area contributed by atoms with Gasteiger partial charge in [0, 0.05) is 50.5 Å². The first kappa shape index (κ1) is 38.0. The van der Waals surface area contributed by atoms with Gasteiger partial charge in [-0.3, -0.25) is 14.8 Å². The van der Waals surface area contributed by atoms with Gasteiger partial charge in [0.25, 0.3) is 0 Å². The Hall–Kier alpha value is -3.17. The molecule has 2 heterocycles. The minimum atomic E-state index is 0.857. The largest absolute Gasteiger partial charge is 0.298 e. The molecule has 0 unspecified atom stereocenters. The van der Waals surface area contributed by atoms with Crippen LogP contribution in [0.5, 0.6) is 0 Å². The molecule has 0 fully saturated rings. The van der Waals surface area contributed by atoms with Crippen LogP contribution in [0.1, 0.15) is 159 Å². The van der Waals surface area contributed by atoms with Crippen molar-refractivity contribution in [2.24, 2.45) is 0 Å². The Morgan fingerprint density at radius 1 is 0.533 bits per heavy atom. The molecular weight excluding hydrogens is 548 g/mol. The van der Waals surface area contributed by atoms with Crippen LogP contribution in [0.15, 0.2) is 60.7 Å². The van der Waals surface area contributed by atoms with E-state index in [0.717, 1.165) is 82.5 Å². The maximum atomic E-state index is 11.4. The number of pyridine rings is 2. The van der Waals surface area contributed by atoms with Crippen molar-refractivity contribution in [3.8, 4) is 23.7 Å². The lowest BCUT2D eigenvalue weighted by Gasteiger charge is -2.02. The summed E-state index contributed by atoms with van der Waals surface area (Å²) in [4.78, 5) is 19.8. The highest BCUT2D eigenvalue weighted by Crippen LogP contribution is 2.13. The molecule has 244 valence electrons. The van der Waals surface area contributed by atoms with Crippen molar-refractivity contribution >= 4 is 6.29 Å². The first-order valence-electron chi connectivity index (χ1n) is 18.2. The van der Waals surface area contributed by atoms with Crippen LogP contribution in [0.2, 0.25) is 0 Å². The van der Waals surface area contributed by atoms with Gasteiger partial charge in [0.15, 0.2) is 0 Å². The average Bonchev–Trinajstić information content (AvgIpc) is 3.08. The molecule has 2 rings (SSSR count). The summed E-state index contributed by atoms with van der Waals surface area (Å²) in [6, 6.07) is 8.39. The number of aryl methyl sites for hydroxylation is 2. The monoisotopic (exact) mass is 608 g/mol. The summed E-state index contributed by atoms with van der Waals surface area (Å²) < 4.78 is 0. The third kappa shape index (κ3) is 23.8. The summed E-state index contributed by atoms with van der Waals surface area (Å²) in [6.45, 7) is 0. The number of unbranched alkanes of at least 4 members (excludes halogenated alkanes) is 18. The molecule has 45 heavy (non-hydrogen) atoms. The number of allylic oxidation sites excluding steroid dienone is 2. The first-order valence-corrected chi connectivity index (χ1v) is 18.2. The summed E-state index contributed by atoms with van der Waals surface area (Å²) >= 11 is 0. The second-order valence-electron chi connectivity index (χ2n) is 12.4. The molecule has 0 aliphatic heterocycles. The minimum Gasteiger partial charge on any atom is -0.298 e. The van der Waals surface area contributed by atoms with Crippen LogP contribution in [-0.2, 0) is 17.6 Å². The standard InChI is InChI=1S/C42H60N2O/c45-39-42(32-26-22-18-14-10-6-5-8-12-16-20-24-30-41-34-28-36-44-38-41)31-25-21-17-13-9-4-2-1-3-7-11-15-19-23-29-40-33-27-35-43-37-40/h27-28,31,33-39H,1,3,5-13,15-17,19-26,29-30,32H2/b42-31+. The van der Waals surface area contributed by atoms with E-state index in [9.17, 15) is 4.79 Å². The number of carbonyl (C=O) groups excluding carboxylic acids is 1. The highest BCUT2D eigenvalue weighted by atomic mass is 16.1. The number of hydrogen-bond donors (Lipinski definition) is 0. The van der Waals surface area contributed by atoms with Crippen LogP contribution in [-0.4, -0.2) is 16.3 Å². The average molecular weight is 609 g/mol. The van der Waals surface area contributed by atoms with Crippen molar-refractivity contribution in [3.05, 3.63) is 71.8 Å². The lowest BCUT2D eigenvalue weighted by molar-refractivity contribution is -0.105. The van der Waals surface area contributed by atoms with E-state index in [1.807, 2.05) is 36.9 Å². The van der Waals surface area contributed by atoms with Crippen molar-refractivity contribution in [3.63, 3.8) is 0 Å². The molecule has 0 saturated carbocycles. The first-order chi connectivity index (χ1) is 22.4. The molecule has 0 aliphatic rings. The predicted molar refractivity (Wildman–Crippen MR) is 192 cm³/mol. The fourth-order valence-electron chi connectivity index (χ4n) is 5.53. The summed E-state index contributed by atoms with van der Waals surface area (Å²) in [5, 5.41) is 0. The Balaban J connectivity index is 1.30. The zero-order chi connectivity index (χ0) is 31.7. The molecule has 0 bridgehead atoms. The lowest BCUT2D eigenvalue weighted by Crippen LogP contribution is -1.87. The number of aldehydes is 1. The Kier molecular flexibility index (Phi) is 25.0. The number of carbonyl (C=O) groups is 1. The van der Waals surface area contributed by atoms with E-state index in [2.05, 4.69) is 51.9 Å². The molecule has 0 spiro atoms. The molecule has 3 nitrogen and oxygen atoms in total. The molecule has 0 aromatic carbocycles. The van der Waals surface area contributed by atoms with Gasteiger partial charge in [0.2, 0.25) is 0 Å². The van der Waals surface area contributed by atoms with Gasteiger partial charge in [-0.15, -0.1) is 23.7 Å². The van der Waals surface area contributed by atoms with Gasteiger partial charge in [0.1, 0.15) is 6.29 Å². The number of nitrogens with zero attached hydrogens (tertiary/aromatic N) is 2. The molecule has 0 atom stereocenters. The van der Waals surface area contributed by atoms with Crippen molar-refractivity contribution in [2.45, 2.75) is 161 Å². The van der Waals surface area contributed by atoms with Gasteiger partial charge in [-0.25, -0.2) is 0 Å². The van der Waals surface area contributed by atoms with Gasteiger partial charge >= 0.3 is 0 Å². The number of aromatic nitrogens is 2. The topological polar surface area (TPSA) is 42.9 Å². The van der Waals surface area contributed by atoms with Crippen molar-refractivity contribution in [1.82, 2.24) is 9.97 Å². The zero-order valence-corrected chi connectivity index (χ0v) is 28.3. The van der Waals surface area contributed by atoms with Crippen LogP contribution < -0.4 is 0 Å². The van der Waals surface area contributed by atoms with Crippen LogP contribution in [0.3, 0.4) is 0 Å². The van der Waals surface area contributed by atoms with E-state index in [4.69, 9.17) is 0 Å². The number of rotatable bonds is 26. The minimum absolute atomic E-state index is 0.857. The van der Waals surface area contributed by atoms with Gasteiger partial charge in [0.05, 0.1) is 0 Å².